The zero-order valence-corrected chi connectivity index (χ0v) is 7.75. The monoisotopic (exact) mass is 188 g/mol. The minimum Gasteiger partial charge on any atom is -0.507 e. The normalized spacial score (nSPS) is 10.0. The highest BCUT2D eigenvalue weighted by atomic mass is 35.5. The van der Waals surface area contributed by atoms with Gasteiger partial charge < -0.3 is 5.11 Å². The molecule has 0 spiro atoms. The van der Waals surface area contributed by atoms with Gasteiger partial charge in [0.2, 0.25) is 0 Å². The summed E-state index contributed by atoms with van der Waals surface area (Å²) in [6.45, 7) is 2.03. The zero-order chi connectivity index (χ0) is 8.27. The van der Waals surface area contributed by atoms with Crippen LogP contribution >= 0.6 is 23.4 Å². The van der Waals surface area contributed by atoms with E-state index in [1.54, 1.807) is 30.0 Å². The van der Waals surface area contributed by atoms with Crippen LogP contribution in [0.4, 0.5) is 0 Å². The van der Waals surface area contributed by atoms with Crippen LogP contribution in [0.1, 0.15) is 6.92 Å². The maximum absolute atomic E-state index is 9.29. The predicted octanol–water partition coefficient (Wildman–Crippen LogP) is 3.16. The molecule has 1 rings (SSSR count). The van der Waals surface area contributed by atoms with Crippen LogP contribution in [-0.4, -0.2) is 10.9 Å². The number of rotatable bonds is 2. The van der Waals surface area contributed by atoms with Crippen LogP contribution < -0.4 is 0 Å². The van der Waals surface area contributed by atoms with Gasteiger partial charge in [-0.25, -0.2) is 0 Å². The number of halogens is 1. The second-order valence-electron chi connectivity index (χ2n) is 2.05. The molecule has 1 N–H and O–H groups in total. The molecule has 0 radical (unpaired) electrons. The molecule has 1 aromatic carbocycles. The zero-order valence-electron chi connectivity index (χ0n) is 6.17. The van der Waals surface area contributed by atoms with E-state index in [1.807, 2.05) is 6.92 Å². The quantitative estimate of drug-likeness (QED) is 0.720. The SMILES string of the molecule is CCSc1cc(Cl)ccc1O. The third kappa shape index (κ3) is 2.31. The fourth-order valence-electron chi connectivity index (χ4n) is 0.759. The molecule has 0 saturated carbocycles. The average molecular weight is 189 g/mol. The summed E-state index contributed by atoms with van der Waals surface area (Å²) in [6.07, 6.45) is 0. The van der Waals surface area contributed by atoms with Crippen molar-refractivity contribution >= 4 is 23.4 Å². The second kappa shape index (κ2) is 3.88. The Morgan fingerprint density at radius 1 is 1.55 bits per heavy atom. The molecule has 1 aromatic rings. The predicted molar refractivity (Wildman–Crippen MR) is 49.5 cm³/mol. The van der Waals surface area contributed by atoms with Crippen molar-refractivity contribution in [2.75, 3.05) is 5.75 Å². The Morgan fingerprint density at radius 3 is 2.91 bits per heavy atom. The smallest absolute Gasteiger partial charge is 0.129 e. The number of aromatic hydroxyl groups is 1. The summed E-state index contributed by atoms with van der Waals surface area (Å²) in [5.74, 6) is 1.25. The van der Waals surface area contributed by atoms with Gasteiger partial charge in [0.25, 0.3) is 0 Å². The average Bonchev–Trinajstić information content (AvgIpc) is 1.98. The van der Waals surface area contributed by atoms with E-state index in [9.17, 15) is 5.11 Å². The number of benzene rings is 1. The molecule has 0 amide bonds. The summed E-state index contributed by atoms with van der Waals surface area (Å²) in [6, 6.07) is 5.06. The molecule has 0 aromatic heterocycles. The van der Waals surface area contributed by atoms with E-state index < -0.39 is 0 Å². The lowest BCUT2D eigenvalue weighted by Gasteiger charge is -2.01. The number of phenolic OH excluding ortho intramolecular Hbond substituents is 1. The minimum atomic E-state index is 0.307. The lowest BCUT2D eigenvalue weighted by atomic mass is 10.3. The standard InChI is InChI=1S/C8H9ClOS/c1-2-11-8-5-6(9)3-4-7(8)10/h3-5,10H,2H2,1H3. The van der Waals surface area contributed by atoms with Gasteiger partial charge in [0.1, 0.15) is 5.75 Å². The molecule has 11 heavy (non-hydrogen) atoms. The van der Waals surface area contributed by atoms with E-state index in [0.29, 0.717) is 10.8 Å². The highest BCUT2D eigenvalue weighted by molar-refractivity contribution is 7.99. The Labute approximate surface area is 75.4 Å². The van der Waals surface area contributed by atoms with Crippen molar-refractivity contribution in [3.8, 4) is 5.75 Å². The summed E-state index contributed by atoms with van der Waals surface area (Å²) in [7, 11) is 0. The van der Waals surface area contributed by atoms with Crippen molar-refractivity contribution in [1.29, 1.82) is 0 Å². The van der Waals surface area contributed by atoms with Gasteiger partial charge in [0.15, 0.2) is 0 Å². The first-order valence-corrected chi connectivity index (χ1v) is 4.71. The number of thioether (sulfide) groups is 1. The number of hydrogen-bond donors (Lipinski definition) is 1. The van der Waals surface area contributed by atoms with E-state index in [1.165, 1.54) is 0 Å². The van der Waals surface area contributed by atoms with Crippen LogP contribution in [-0.2, 0) is 0 Å². The molecule has 0 aliphatic carbocycles. The molecule has 1 nitrogen and oxygen atoms in total. The maximum Gasteiger partial charge on any atom is 0.129 e. The van der Waals surface area contributed by atoms with Gasteiger partial charge in [0.05, 0.1) is 4.90 Å². The molecule has 0 heterocycles. The Kier molecular flexibility index (Phi) is 3.09. The van der Waals surface area contributed by atoms with Gasteiger partial charge in [-0.1, -0.05) is 18.5 Å². The van der Waals surface area contributed by atoms with Crippen molar-refractivity contribution in [2.45, 2.75) is 11.8 Å². The van der Waals surface area contributed by atoms with Crippen LogP contribution in [0, 0.1) is 0 Å². The van der Waals surface area contributed by atoms with E-state index in [4.69, 9.17) is 11.6 Å². The van der Waals surface area contributed by atoms with Crippen molar-refractivity contribution < 1.29 is 5.11 Å². The second-order valence-corrected chi connectivity index (χ2v) is 3.79. The third-order valence-corrected chi connectivity index (χ3v) is 2.38. The Morgan fingerprint density at radius 2 is 2.27 bits per heavy atom. The summed E-state index contributed by atoms with van der Waals surface area (Å²) in [5, 5.41) is 9.95. The fraction of sp³-hybridized carbons (Fsp3) is 0.250. The molecule has 0 atom stereocenters. The molecule has 0 aliphatic rings. The van der Waals surface area contributed by atoms with Crippen LogP contribution in [0.15, 0.2) is 23.1 Å². The number of hydrogen-bond acceptors (Lipinski definition) is 2. The first-order chi connectivity index (χ1) is 5.24. The van der Waals surface area contributed by atoms with E-state index >= 15 is 0 Å². The Hall–Kier alpha value is -0.340. The van der Waals surface area contributed by atoms with Crippen LogP contribution in [0.25, 0.3) is 0 Å². The summed E-state index contributed by atoms with van der Waals surface area (Å²) < 4.78 is 0. The van der Waals surface area contributed by atoms with Gasteiger partial charge in [0, 0.05) is 5.02 Å². The van der Waals surface area contributed by atoms with E-state index in [0.717, 1.165) is 10.6 Å². The van der Waals surface area contributed by atoms with Crippen LogP contribution in [0.2, 0.25) is 5.02 Å². The lowest BCUT2D eigenvalue weighted by molar-refractivity contribution is 0.462. The number of phenols is 1. The van der Waals surface area contributed by atoms with Gasteiger partial charge in [-0.2, -0.15) is 0 Å². The summed E-state index contributed by atoms with van der Waals surface area (Å²) in [5.41, 5.74) is 0. The Bertz CT molecular complexity index is 250. The molecule has 60 valence electrons. The first-order valence-electron chi connectivity index (χ1n) is 3.35. The molecule has 0 aliphatic heterocycles. The van der Waals surface area contributed by atoms with Gasteiger partial charge in [-0.05, 0) is 24.0 Å². The van der Waals surface area contributed by atoms with Crippen molar-refractivity contribution in [3.63, 3.8) is 0 Å². The van der Waals surface area contributed by atoms with Crippen molar-refractivity contribution in [1.82, 2.24) is 0 Å². The highest BCUT2D eigenvalue weighted by Gasteiger charge is 1.99. The topological polar surface area (TPSA) is 20.2 Å². The first kappa shape index (κ1) is 8.75. The summed E-state index contributed by atoms with van der Waals surface area (Å²) in [4.78, 5) is 0.847. The van der Waals surface area contributed by atoms with Crippen LogP contribution in [0.3, 0.4) is 0 Å². The van der Waals surface area contributed by atoms with Gasteiger partial charge in [-0.15, -0.1) is 11.8 Å². The molecule has 0 bridgehead atoms. The Balaban J connectivity index is 2.93. The van der Waals surface area contributed by atoms with Gasteiger partial charge >= 0.3 is 0 Å². The summed E-state index contributed by atoms with van der Waals surface area (Å²) >= 11 is 7.31. The molecule has 0 saturated heterocycles. The van der Waals surface area contributed by atoms with Crippen LogP contribution in [0.5, 0.6) is 5.75 Å². The largest absolute Gasteiger partial charge is 0.507 e. The van der Waals surface area contributed by atoms with Crippen molar-refractivity contribution in [3.05, 3.63) is 23.2 Å². The lowest BCUT2D eigenvalue weighted by Crippen LogP contribution is -1.74. The third-order valence-electron chi connectivity index (χ3n) is 1.22. The fourth-order valence-corrected chi connectivity index (χ4v) is 1.73. The molecular formula is C8H9ClOS. The minimum absolute atomic E-state index is 0.307. The molecular weight excluding hydrogens is 180 g/mol. The van der Waals surface area contributed by atoms with Crippen molar-refractivity contribution in [2.24, 2.45) is 0 Å². The molecule has 0 fully saturated rings. The van der Waals surface area contributed by atoms with E-state index in [-0.39, 0.29) is 0 Å². The van der Waals surface area contributed by atoms with E-state index in [2.05, 4.69) is 0 Å². The molecule has 3 heteroatoms. The molecule has 0 unspecified atom stereocenters. The van der Waals surface area contributed by atoms with Gasteiger partial charge in [-0.3, -0.25) is 0 Å². The highest BCUT2D eigenvalue weighted by Crippen LogP contribution is 2.30. The maximum atomic E-state index is 9.29.